The average molecular weight is 154 g/mol. The lowest BCUT2D eigenvalue weighted by Crippen LogP contribution is -2.30. The van der Waals surface area contributed by atoms with Crippen LogP contribution in [0.5, 0.6) is 0 Å². The third-order valence-electron chi connectivity index (χ3n) is 1.62. The van der Waals surface area contributed by atoms with Gasteiger partial charge in [0.2, 0.25) is 0 Å². The quantitative estimate of drug-likeness (QED) is 0.351. The molecule has 1 heterocycles. The molecule has 0 aromatic carbocycles. The second-order valence-electron chi connectivity index (χ2n) is 2.35. The van der Waals surface area contributed by atoms with E-state index in [0.717, 1.165) is 11.1 Å². The maximum atomic E-state index is 10.9. The molecule has 0 aliphatic rings. The molecule has 11 heavy (non-hydrogen) atoms. The SMILES string of the molecule is Cc1coc(C(=O)NN)c1C. The Balaban J connectivity index is 3.04. The minimum Gasteiger partial charge on any atom is -0.459 e. The van der Waals surface area contributed by atoms with Gasteiger partial charge in [-0.3, -0.25) is 10.2 Å². The van der Waals surface area contributed by atoms with E-state index >= 15 is 0 Å². The summed E-state index contributed by atoms with van der Waals surface area (Å²) in [6.07, 6.45) is 1.53. The molecular formula is C7H10N2O2. The summed E-state index contributed by atoms with van der Waals surface area (Å²) in [5.74, 6) is 4.81. The average Bonchev–Trinajstić information content (AvgIpc) is 2.32. The monoisotopic (exact) mass is 154 g/mol. The van der Waals surface area contributed by atoms with Crippen molar-refractivity contribution >= 4 is 5.91 Å². The largest absolute Gasteiger partial charge is 0.459 e. The van der Waals surface area contributed by atoms with Crippen LogP contribution >= 0.6 is 0 Å². The molecule has 0 saturated carbocycles. The molecule has 0 fully saturated rings. The smallest absolute Gasteiger partial charge is 0.301 e. The first-order valence-corrected chi connectivity index (χ1v) is 3.22. The van der Waals surface area contributed by atoms with Crippen molar-refractivity contribution in [3.8, 4) is 0 Å². The standard InChI is InChI=1S/C7H10N2O2/c1-4-3-11-6(5(4)2)7(10)9-8/h3H,8H2,1-2H3,(H,9,10). The van der Waals surface area contributed by atoms with Crippen LogP contribution in [0.25, 0.3) is 0 Å². The minimum absolute atomic E-state index is 0.282. The van der Waals surface area contributed by atoms with Gasteiger partial charge in [0.1, 0.15) is 0 Å². The molecular weight excluding hydrogens is 144 g/mol. The van der Waals surface area contributed by atoms with Crippen molar-refractivity contribution in [2.24, 2.45) is 5.84 Å². The molecule has 0 aliphatic heterocycles. The highest BCUT2D eigenvalue weighted by atomic mass is 16.3. The summed E-state index contributed by atoms with van der Waals surface area (Å²) in [4.78, 5) is 10.9. The van der Waals surface area contributed by atoms with Gasteiger partial charge in [0.15, 0.2) is 5.76 Å². The van der Waals surface area contributed by atoms with E-state index < -0.39 is 5.91 Å². The number of nitrogens with two attached hydrogens (primary N) is 1. The van der Waals surface area contributed by atoms with E-state index in [1.54, 1.807) is 0 Å². The predicted octanol–water partition coefficient (Wildman–Crippen LogP) is 0.500. The first kappa shape index (κ1) is 7.81. The zero-order valence-electron chi connectivity index (χ0n) is 6.47. The summed E-state index contributed by atoms with van der Waals surface area (Å²) >= 11 is 0. The molecule has 0 unspecified atom stereocenters. The van der Waals surface area contributed by atoms with Gasteiger partial charge in [0.25, 0.3) is 0 Å². The Morgan fingerprint density at radius 1 is 1.64 bits per heavy atom. The van der Waals surface area contributed by atoms with Gasteiger partial charge < -0.3 is 4.42 Å². The Morgan fingerprint density at radius 2 is 2.27 bits per heavy atom. The van der Waals surface area contributed by atoms with Crippen molar-refractivity contribution in [2.45, 2.75) is 13.8 Å². The van der Waals surface area contributed by atoms with Crippen molar-refractivity contribution < 1.29 is 9.21 Å². The number of amides is 1. The van der Waals surface area contributed by atoms with Crippen LogP contribution < -0.4 is 11.3 Å². The Morgan fingerprint density at radius 3 is 2.64 bits per heavy atom. The van der Waals surface area contributed by atoms with Crippen LogP contribution in [0.4, 0.5) is 0 Å². The Bertz CT molecular complexity index is 278. The van der Waals surface area contributed by atoms with Gasteiger partial charge in [-0.05, 0) is 19.4 Å². The Kier molecular flexibility index (Phi) is 1.96. The summed E-state index contributed by atoms with van der Waals surface area (Å²) in [5.41, 5.74) is 3.78. The van der Waals surface area contributed by atoms with Crippen LogP contribution in [0, 0.1) is 13.8 Å². The van der Waals surface area contributed by atoms with Crippen LogP contribution in [-0.2, 0) is 0 Å². The van der Waals surface area contributed by atoms with E-state index in [0.29, 0.717) is 0 Å². The number of nitrogen functional groups attached to an aromatic ring is 1. The second kappa shape index (κ2) is 2.75. The molecule has 0 atom stereocenters. The van der Waals surface area contributed by atoms with Gasteiger partial charge in [0.05, 0.1) is 6.26 Å². The molecule has 0 radical (unpaired) electrons. The number of hydrazine groups is 1. The minimum atomic E-state index is -0.393. The summed E-state index contributed by atoms with van der Waals surface area (Å²) in [6, 6.07) is 0. The number of furan rings is 1. The van der Waals surface area contributed by atoms with Crippen molar-refractivity contribution in [3.05, 3.63) is 23.2 Å². The van der Waals surface area contributed by atoms with Crippen LogP contribution in [0.15, 0.2) is 10.7 Å². The van der Waals surface area contributed by atoms with E-state index in [1.807, 2.05) is 19.3 Å². The lowest BCUT2D eigenvalue weighted by molar-refractivity contribution is 0.0925. The zero-order chi connectivity index (χ0) is 8.43. The Hall–Kier alpha value is -1.29. The number of hydrogen-bond donors (Lipinski definition) is 2. The van der Waals surface area contributed by atoms with E-state index in [-0.39, 0.29) is 5.76 Å². The molecule has 0 aliphatic carbocycles. The fraction of sp³-hybridized carbons (Fsp3) is 0.286. The van der Waals surface area contributed by atoms with E-state index in [1.165, 1.54) is 6.26 Å². The molecule has 0 saturated heterocycles. The Labute approximate surface area is 64.3 Å². The van der Waals surface area contributed by atoms with Crippen molar-refractivity contribution in [1.82, 2.24) is 5.43 Å². The maximum Gasteiger partial charge on any atom is 0.301 e. The van der Waals surface area contributed by atoms with Gasteiger partial charge in [-0.15, -0.1) is 0 Å². The number of aryl methyl sites for hydroxylation is 1. The maximum absolute atomic E-state index is 10.9. The normalized spacial score (nSPS) is 9.73. The fourth-order valence-electron chi connectivity index (χ4n) is 0.793. The van der Waals surface area contributed by atoms with Crippen molar-refractivity contribution in [1.29, 1.82) is 0 Å². The number of carbonyl (C=O) groups is 1. The van der Waals surface area contributed by atoms with Crippen LogP contribution in [0.1, 0.15) is 21.7 Å². The summed E-state index contributed by atoms with van der Waals surface area (Å²) in [5, 5.41) is 0. The third-order valence-corrected chi connectivity index (χ3v) is 1.62. The molecule has 1 amide bonds. The second-order valence-corrected chi connectivity index (χ2v) is 2.35. The van der Waals surface area contributed by atoms with Gasteiger partial charge in [0, 0.05) is 5.56 Å². The summed E-state index contributed by atoms with van der Waals surface area (Å²) in [7, 11) is 0. The highest BCUT2D eigenvalue weighted by molar-refractivity contribution is 5.92. The van der Waals surface area contributed by atoms with Gasteiger partial charge >= 0.3 is 5.91 Å². The summed E-state index contributed by atoms with van der Waals surface area (Å²) in [6.45, 7) is 3.68. The molecule has 60 valence electrons. The highest BCUT2D eigenvalue weighted by Crippen LogP contribution is 2.13. The van der Waals surface area contributed by atoms with Gasteiger partial charge in [-0.1, -0.05) is 0 Å². The summed E-state index contributed by atoms with van der Waals surface area (Å²) < 4.78 is 4.96. The van der Waals surface area contributed by atoms with E-state index in [9.17, 15) is 4.79 Å². The molecule has 4 heteroatoms. The van der Waals surface area contributed by atoms with Crippen LogP contribution in [0.3, 0.4) is 0 Å². The first-order valence-electron chi connectivity index (χ1n) is 3.22. The molecule has 0 spiro atoms. The topological polar surface area (TPSA) is 68.3 Å². The molecule has 1 aromatic heterocycles. The van der Waals surface area contributed by atoms with E-state index in [4.69, 9.17) is 10.3 Å². The zero-order valence-corrected chi connectivity index (χ0v) is 6.47. The van der Waals surface area contributed by atoms with Crippen LogP contribution in [-0.4, -0.2) is 5.91 Å². The number of carbonyl (C=O) groups excluding carboxylic acids is 1. The lowest BCUT2D eigenvalue weighted by atomic mass is 10.2. The van der Waals surface area contributed by atoms with E-state index in [2.05, 4.69) is 0 Å². The highest BCUT2D eigenvalue weighted by Gasteiger charge is 2.12. The number of rotatable bonds is 1. The molecule has 0 bridgehead atoms. The molecule has 3 N–H and O–H groups in total. The molecule has 4 nitrogen and oxygen atoms in total. The van der Waals surface area contributed by atoms with Gasteiger partial charge in [-0.25, -0.2) is 5.84 Å². The van der Waals surface area contributed by atoms with Crippen molar-refractivity contribution in [2.75, 3.05) is 0 Å². The predicted molar refractivity (Wildman–Crippen MR) is 39.8 cm³/mol. The fourth-order valence-corrected chi connectivity index (χ4v) is 0.793. The number of hydrogen-bond acceptors (Lipinski definition) is 3. The molecule has 1 aromatic rings. The van der Waals surface area contributed by atoms with Gasteiger partial charge in [-0.2, -0.15) is 0 Å². The first-order chi connectivity index (χ1) is 5.16. The molecule has 1 rings (SSSR count). The van der Waals surface area contributed by atoms with Crippen LogP contribution in [0.2, 0.25) is 0 Å². The number of nitrogens with one attached hydrogen (secondary N) is 1. The van der Waals surface area contributed by atoms with Crippen molar-refractivity contribution in [3.63, 3.8) is 0 Å². The third kappa shape index (κ3) is 1.25. The lowest BCUT2D eigenvalue weighted by Gasteiger charge is -1.94.